The highest BCUT2D eigenvalue weighted by Crippen LogP contribution is 2.32. The summed E-state index contributed by atoms with van der Waals surface area (Å²) >= 11 is 0. The fraction of sp³-hybridized carbons (Fsp3) is 0.350. The molecule has 0 saturated heterocycles. The summed E-state index contributed by atoms with van der Waals surface area (Å²) in [4.78, 5) is 12.2. The molecule has 0 spiro atoms. The van der Waals surface area contributed by atoms with Crippen LogP contribution in [-0.4, -0.2) is 20.1 Å². The van der Waals surface area contributed by atoms with Gasteiger partial charge in [-0.2, -0.15) is 0 Å². The number of carbonyl (C=O) groups is 1. The first-order chi connectivity index (χ1) is 11.5. The lowest BCUT2D eigenvalue weighted by Gasteiger charge is -2.16. The van der Waals surface area contributed by atoms with Crippen molar-refractivity contribution in [3.05, 3.63) is 59.2 Å². The van der Waals surface area contributed by atoms with Crippen molar-refractivity contribution in [3.63, 3.8) is 0 Å². The Labute approximate surface area is 143 Å². The van der Waals surface area contributed by atoms with E-state index < -0.39 is 0 Å². The maximum Gasteiger partial charge on any atom is 0.220 e. The molecule has 1 amide bonds. The highest BCUT2D eigenvalue weighted by Gasteiger charge is 2.16. The SMILES string of the molecule is COc1ccc(C(C)CC(=O)NCc2ccc(C)cc2)c(OC)c1. The zero-order valence-corrected chi connectivity index (χ0v) is 14.8. The number of benzene rings is 2. The normalized spacial score (nSPS) is 11.7. The van der Waals surface area contributed by atoms with Gasteiger partial charge in [-0.25, -0.2) is 0 Å². The van der Waals surface area contributed by atoms with Gasteiger partial charge >= 0.3 is 0 Å². The highest BCUT2D eigenvalue weighted by atomic mass is 16.5. The summed E-state index contributed by atoms with van der Waals surface area (Å²) in [6, 6.07) is 13.8. The number of hydrogen-bond acceptors (Lipinski definition) is 3. The van der Waals surface area contributed by atoms with Crippen LogP contribution in [-0.2, 0) is 11.3 Å². The van der Waals surface area contributed by atoms with Crippen molar-refractivity contribution in [2.24, 2.45) is 0 Å². The lowest BCUT2D eigenvalue weighted by Crippen LogP contribution is -2.24. The monoisotopic (exact) mass is 327 g/mol. The molecule has 1 atom stereocenters. The Bertz CT molecular complexity index is 680. The van der Waals surface area contributed by atoms with E-state index in [2.05, 4.69) is 5.32 Å². The Morgan fingerprint density at radius 3 is 2.42 bits per heavy atom. The predicted octanol–water partition coefficient (Wildman–Crippen LogP) is 3.82. The van der Waals surface area contributed by atoms with Crippen molar-refractivity contribution in [2.45, 2.75) is 32.7 Å². The van der Waals surface area contributed by atoms with Crippen LogP contribution < -0.4 is 14.8 Å². The highest BCUT2D eigenvalue weighted by molar-refractivity contribution is 5.77. The van der Waals surface area contributed by atoms with Crippen LogP contribution in [0.3, 0.4) is 0 Å². The number of nitrogens with one attached hydrogen (secondary N) is 1. The molecule has 0 saturated carbocycles. The first-order valence-electron chi connectivity index (χ1n) is 8.07. The number of methoxy groups -OCH3 is 2. The molecule has 0 aliphatic rings. The number of carbonyl (C=O) groups excluding carboxylic acids is 1. The van der Waals surface area contributed by atoms with Crippen LogP contribution in [0.5, 0.6) is 11.5 Å². The second kappa shape index (κ2) is 8.39. The predicted molar refractivity (Wildman–Crippen MR) is 95.6 cm³/mol. The average molecular weight is 327 g/mol. The van der Waals surface area contributed by atoms with E-state index in [1.54, 1.807) is 14.2 Å². The Morgan fingerprint density at radius 2 is 1.79 bits per heavy atom. The molecule has 0 fully saturated rings. The largest absolute Gasteiger partial charge is 0.497 e. The molecule has 0 aromatic heterocycles. The first kappa shape index (κ1) is 17.9. The lowest BCUT2D eigenvalue weighted by molar-refractivity contribution is -0.121. The van der Waals surface area contributed by atoms with E-state index in [-0.39, 0.29) is 11.8 Å². The van der Waals surface area contributed by atoms with Crippen LogP contribution in [0.4, 0.5) is 0 Å². The van der Waals surface area contributed by atoms with Crippen molar-refractivity contribution in [3.8, 4) is 11.5 Å². The summed E-state index contributed by atoms with van der Waals surface area (Å²) in [5, 5.41) is 2.97. The van der Waals surface area contributed by atoms with E-state index in [0.29, 0.717) is 13.0 Å². The molecule has 2 rings (SSSR count). The molecular formula is C20H25NO3. The third-order valence-electron chi connectivity index (χ3n) is 4.07. The molecule has 0 bridgehead atoms. The Kier molecular flexibility index (Phi) is 6.24. The molecule has 4 nitrogen and oxygen atoms in total. The van der Waals surface area contributed by atoms with Crippen molar-refractivity contribution in [1.82, 2.24) is 5.32 Å². The molecule has 2 aromatic carbocycles. The van der Waals surface area contributed by atoms with E-state index in [4.69, 9.17) is 9.47 Å². The quantitative estimate of drug-likeness (QED) is 0.841. The van der Waals surface area contributed by atoms with Crippen molar-refractivity contribution < 1.29 is 14.3 Å². The zero-order chi connectivity index (χ0) is 17.5. The molecule has 2 aromatic rings. The minimum Gasteiger partial charge on any atom is -0.497 e. The van der Waals surface area contributed by atoms with E-state index in [1.807, 2.05) is 56.3 Å². The summed E-state index contributed by atoms with van der Waals surface area (Å²) in [5.74, 6) is 1.57. The summed E-state index contributed by atoms with van der Waals surface area (Å²) in [5.41, 5.74) is 3.32. The number of hydrogen-bond donors (Lipinski definition) is 1. The number of amides is 1. The van der Waals surface area contributed by atoms with Gasteiger partial charge in [-0.05, 0) is 30.0 Å². The van der Waals surface area contributed by atoms with Gasteiger partial charge in [0.25, 0.3) is 0 Å². The van der Waals surface area contributed by atoms with Gasteiger partial charge in [-0.15, -0.1) is 0 Å². The summed E-state index contributed by atoms with van der Waals surface area (Å²) in [7, 11) is 3.25. The van der Waals surface area contributed by atoms with Gasteiger partial charge in [0.2, 0.25) is 5.91 Å². The molecule has 4 heteroatoms. The standard InChI is InChI=1S/C20H25NO3/c1-14-5-7-16(8-6-14)13-21-20(22)11-15(2)18-10-9-17(23-3)12-19(18)24-4/h5-10,12,15H,11,13H2,1-4H3,(H,21,22). The Balaban J connectivity index is 1.94. The summed E-state index contributed by atoms with van der Waals surface area (Å²) < 4.78 is 10.6. The molecular weight excluding hydrogens is 302 g/mol. The van der Waals surface area contributed by atoms with E-state index in [1.165, 1.54) is 5.56 Å². The number of ether oxygens (including phenoxy) is 2. The Morgan fingerprint density at radius 1 is 1.08 bits per heavy atom. The van der Waals surface area contributed by atoms with Crippen LogP contribution in [0.15, 0.2) is 42.5 Å². The second-order valence-corrected chi connectivity index (χ2v) is 5.98. The summed E-state index contributed by atoms with van der Waals surface area (Å²) in [6.45, 7) is 4.62. The minimum absolute atomic E-state index is 0.0287. The van der Waals surface area contributed by atoms with E-state index in [0.717, 1.165) is 22.6 Å². The molecule has 1 N–H and O–H groups in total. The van der Waals surface area contributed by atoms with Crippen LogP contribution >= 0.6 is 0 Å². The molecule has 0 radical (unpaired) electrons. The van der Waals surface area contributed by atoms with Gasteiger partial charge in [-0.1, -0.05) is 42.8 Å². The molecule has 0 heterocycles. The number of aryl methyl sites for hydroxylation is 1. The maximum atomic E-state index is 12.2. The molecule has 24 heavy (non-hydrogen) atoms. The third kappa shape index (κ3) is 4.75. The second-order valence-electron chi connectivity index (χ2n) is 5.98. The topological polar surface area (TPSA) is 47.6 Å². The van der Waals surface area contributed by atoms with E-state index in [9.17, 15) is 4.79 Å². The van der Waals surface area contributed by atoms with Crippen LogP contribution in [0.1, 0.15) is 36.0 Å². The smallest absolute Gasteiger partial charge is 0.220 e. The van der Waals surface area contributed by atoms with Crippen LogP contribution in [0, 0.1) is 6.92 Å². The molecule has 128 valence electrons. The maximum absolute atomic E-state index is 12.2. The number of rotatable bonds is 7. The first-order valence-corrected chi connectivity index (χ1v) is 8.07. The van der Waals surface area contributed by atoms with Gasteiger partial charge in [0.15, 0.2) is 0 Å². The lowest BCUT2D eigenvalue weighted by atomic mass is 9.96. The van der Waals surface area contributed by atoms with Crippen LogP contribution in [0.25, 0.3) is 0 Å². The van der Waals surface area contributed by atoms with Gasteiger partial charge in [0, 0.05) is 19.0 Å². The van der Waals surface area contributed by atoms with Crippen LogP contribution in [0.2, 0.25) is 0 Å². The fourth-order valence-electron chi connectivity index (χ4n) is 2.59. The van der Waals surface area contributed by atoms with Crippen molar-refractivity contribution in [1.29, 1.82) is 0 Å². The molecule has 1 unspecified atom stereocenters. The third-order valence-corrected chi connectivity index (χ3v) is 4.07. The average Bonchev–Trinajstić information content (AvgIpc) is 2.60. The van der Waals surface area contributed by atoms with Gasteiger partial charge in [0.1, 0.15) is 11.5 Å². The van der Waals surface area contributed by atoms with Gasteiger partial charge in [0.05, 0.1) is 14.2 Å². The van der Waals surface area contributed by atoms with E-state index >= 15 is 0 Å². The zero-order valence-electron chi connectivity index (χ0n) is 14.8. The molecule has 0 aliphatic heterocycles. The van der Waals surface area contributed by atoms with Crippen molar-refractivity contribution in [2.75, 3.05) is 14.2 Å². The van der Waals surface area contributed by atoms with Gasteiger partial charge in [-0.3, -0.25) is 4.79 Å². The fourth-order valence-corrected chi connectivity index (χ4v) is 2.59. The summed E-state index contributed by atoms with van der Waals surface area (Å²) in [6.07, 6.45) is 0.411. The minimum atomic E-state index is 0.0287. The molecule has 0 aliphatic carbocycles. The Hall–Kier alpha value is -2.49. The van der Waals surface area contributed by atoms with Gasteiger partial charge < -0.3 is 14.8 Å². The van der Waals surface area contributed by atoms with Crippen molar-refractivity contribution >= 4 is 5.91 Å².